The van der Waals surface area contributed by atoms with Crippen LogP contribution in [0.4, 0.5) is 0 Å². The van der Waals surface area contributed by atoms with Gasteiger partial charge in [0.25, 0.3) is 0 Å². The third-order valence-electron chi connectivity index (χ3n) is 1.14. The normalized spacial score (nSPS) is 8.17. The standard InChI is InChI=1S/C7H10N.C2H4O2/c1-2-8-6-4-3-5-7-8;1-2(3)4/h3-7H,2H2,1H3;1H3,(H,3,4)/q+1;/p-1. The first-order chi connectivity index (χ1) is 5.66. The molecule has 1 heterocycles. The van der Waals surface area contributed by atoms with E-state index in [4.69, 9.17) is 9.90 Å². The van der Waals surface area contributed by atoms with Crippen LogP contribution in [-0.4, -0.2) is 5.97 Å². The Morgan fingerprint density at radius 2 is 1.75 bits per heavy atom. The molecule has 0 radical (unpaired) electrons. The van der Waals surface area contributed by atoms with E-state index in [1.54, 1.807) is 0 Å². The van der Waals surface area contributed by atoms with Gasteiger partial charge in [-0.25, -0.2) is 4.57 Å². The topological polar surface area (TPSA) is 44.0 Å². The highest BCUT2D eigenvalue weighted by Gasteiger charge is 1.86. The molecule has 0 N–H and O–H groups in total. The molecule has 3 heteroatoms. The lowest BCUT2D eigenvalue weighted by Crippen LogP contribution is -2.30. The van der Waals surface area contributed by atoms with Crippen LogP contribution in [0.3, 0.4) is 0 Å². The van der Waals surface area contributed by atoms with Gasteiger partial charge < -0.3 is 9.90 Å². The van der Waals surface area contributed by atoms with Gasteiger partial charge in [-0.05, 0) is 13.8 Å². The molecule has 12 heavy (non-hydrogen) atoms. The first kappa shape index (κ1) is 10.6. The number of aryl methyl sites for hydroxylation is 1. The summed E-state index contributed by atoms with van der Waals surface area (Å²) < 4.78 is 2.12. The number of nitrogens with zero attached hydrogens (tertiary/aromatic N) is 1. The van der Waals surface area contributed by atoms with E-state index in [9.17, 15) is 0 Å². The Balaban J connectivity index is 0.000000261. The number of carbonyl (C=O) groups is 1. The van der Waals surface area contributed by atoms with E-state index >= 15 is 0 Å². The molecule has 1 rings (SSSR count). The number of hydrogen-bond donors (Lipinski definition) is 0. The van der Waals surface area contributed by atoms with Gasteiger partial charge in [0.05, 0.1) is 0 Å². The lowest BCUT2D eigenvalue weighted by molar-refractivity contribution is -0.693. The Morgan fingerprint density at radius 1 is 1.33 bits per heavy atom. The van der Waals surface area contributed by atoms with Gasteiger partial charge in [-0.1, -0.05) is 6.07 Å². The number of aromatic nitrogens is 1. The van der Waals surface area contributed by atoms with Crippen LogP contribution in [0.2, 0.25) is 0 Å². The van der Waals surface area contributed by atoms with Gasteiger partial charge in [0.15, 0.2) is 12.4 Å². The summed E-state index contributed by atoms with van der Waals surface area (Å²) in [6, 6.07) is 6.08. The monoisotopic (exact) mass is 167 g/mol. The smallest absolute Gasteiger partial charge is 0.168 e. The van der Waals surface area contributed by atoms with Gasteiger partial charge in [0.1, 0.15) is 6.54 Å². The van der Waals surface area contributed by atoms with E-state index in [0.717, 1.165) is 13.5 Å². The summed E-state index contributed by atoms with van der Waals surface area (Å²) in [7, 11) is 0. The number of pyridine rings is 1. The number of carboxylic acids is 1. The van der Waals surface area contributed by atoms with Crippen LogP contribution in [0, 0.1) is 0 Å². The molecule has 0 saturated heterocycles. The van der Waals surface area contributed by atoms with Crippen molar-refractivity contribution in [3.8, 4) is 0 Å². The van der Waals surface area contributed by atoms with Crippen molar-refractivity contribution < 1.29 is 14.5 Å². The summed E-state index contributed by atoms with van der Waals surface area (Å²) in [5.74, 6) is -1.08. The minimum Gasteiger partial charge on any atom is -0.550 e. The number of hydrogen-bond acceptors (Lipinski definition) is 2. The lowest BCUT2D eigenvalue weighted by atomic mass is 10.5. The Hall–Kier alpha value is -1.38. The van der Waals surface area contributed by atoms with Crippen LogP contribution in [0.25, 0.3) is 0 Å². The van der Waals surface area contributed by atoms with Crippen molar-refractivity contribution in [2.24, 2.45) is 0 Å². The van der Waals surface area contributed by atoms with Gasteiger partial charge in [-0.2, -0.15) is 0 Å². The molecule has 0 amide bonds. The van der Waals surface area contributed by atoms with Crippen molar-refractivity contribution in [3.05, 3.63) is 30.6 Å². The first-order valence-electron chi connectivity index (χ1n) is 3.78. The zero-order valence-corrected chi connectivity index (χ0v) is 7.36. The summed E-state index contributed by atoms with van der Waals surface area (Å²) in [5, 5.41) is 8.89. The van der Waals surface area contributed by atoms with Gasteiger partial charge in [-0.15, -0.1) is 0 Å². The quantitative estimate of drug-likeness (QED) is 0.541. The van der Waals surface area contributed by atoms with E-state index in [-0.39, 0.29) is 0 Å². The maximum Gasteiger partial charge on any atom is 0.168 e. The second-order valence-electron chi connectivity index (χ2n) is 2.20. The second kappa shape index (κ2) is 6.34. The Bertz CT molecular complexity index is 217. The maximum atomic E-state index is 8.89. The molecule has 0 aromatic carbocycles. The minimum absolute atomic E-state index is 0.972. The highest BCUT2D eigenvalue weighted by Crippen LogP contribution is 1.74. The van der Waals surface area contributed by atoms with Crippen LogP contribution in [0.5, 0.6) is 0 Å². The van der Waals surface area contributed by atoms with Crippen LogP contribution in [0.1, 0.15) is 13.8 Å². The lowest BCUT2D eigenvalue weighted by Gasteiger charge is -1.84. The molecule has 0 fully saturated rings. The van der Waals surface area contributed by atoms with Crippen molar-refractivity contribution in [1.29, 1.82) is 0 Å². The summed E-state index contributed by atoms with van der Waals surface area (Å²) in [6.07, 6.45) is 4.11. The summed E-state index contributed by atoms with van der Waals surface area (Å²) >= 11 is 0. The van der Waals surface area contributed by atoms with E-state index in [2.05, 4.69) is 23.9 Å². The summed E-state index contributed by atoms with van der Waals surface area (Å²) in [6.45, 7) is 4.15. The third-order valence-corrected chi connectivity index (χ3v) is 1.14. The molecule has 1 aromatic rings. The average Bonchev–Trinajstić information content (AvgIpc) is 2.05. The predicted octanol–water partition coefficient (Wildman–Crippen LogP) is -0.250. The largest absolute Gasteiger partial charge is 0.550 e. The van der Waals surface area contributed by atoms with E-state index < -0.39 is 5.97 Å². The van der Waals surface area contributed by atoms with Crippen molar-refractivity contribution in [1.82, 2.24) is 0 Å². The number of carboxylic acid groups (broad SMARTS) is 1. The Morgan fingerprint density at radius 3 is 2.00 bits per heavy atom. The number of carbonyl (C=O) groups excluding carboxylic acids is 1. The summed E-state index contributed by atoms with van der Waals surface area (Å²) in [4.78, 5) is 8.89. The zero-order valence-electron chi connectivity index (χ0n) is 7.36. The fourth-order valence-corrected chi connectivity index (χ4v) is 0.645. The third kappa shape index (κ3) is 6.74. The van der Waals surface area contributed by atoms with Crippen molar-refractivity contribution in [2.75, 3.05) is 0 Å². The van der Waals surface area contributed by atoms with E-state index in [0.29, 0.717) is 0 Å². The average molecular weight is 167 g/mol. The molecule has 0 aliphatic heterocycles. The molecule has 0 unspecified atom stereocenters. The molecule has 66 valence electrons. The highest BCUT2D eigenvalue weighted by molar-refractivity contribution is 5.60. The van der Waals surface area contributed by atoms with E-state index in [1.165, 1.54) is 0 Å². The van der Waals surface area contributed by atoms with Crippen LogP contribution < -0.4 is 9.67 Å². The molecule has 0 bridgehead atoms. The fourth-order valence-electron chi connectivity index (χ4n) is 0.645. The maximum absolute atomic E-state index is 8.89. The molecule has 0 aliphatic carbocycles. The van der Waals surface area contributed by atoms with Crippen LogP contribution >= 0.6 is 0 Å². The molecular formula is C9H13NO2. The Kier molecular flexibility index (Phi) is 5.61. The predicted molar refractivity (Wildman–Crippen MR) is 43.0 cm³/mol. The molecule has 1 aromatic heterocycles. The molecule has 3 nitrogen and oxygen atoms in total. The number of rotatable bonds is 1. The molecule has 0 atom stereocenters. The number of aliphatic carboxylic acids is 1. The van der Waals surface area contributed by atoms with Crippen molar-refractivity contribution in [3.63, 3.8) is 0 Å². The van der Waals surface area contributed by atoms with Gasteiger partial charge in [0, 0.05) is 18.1 Å². The van der Waals surface area contributed by atoms with Gasteiger partial charge in [-0.3, -0.25) is 0 Å². The minimum atomic E-state index is -1.08. The van der Waals surface area contributed by atoms with Crippen molar-refractivity contribution in [2.45, 2.75) is 20.4 Å². The van der Waals surface area contributed by atoms with Gasteiger partial charge in [0.2, 0.25) is 0 Å². The Labute approximate surface area is 72.3 Å². The highest BCUT2D eigenvalue weighted by atomic mass is 16.4. The second-order valence-corrected chi connectivity index (χ2v) is 2.20. The van der Waals surface area contributed by atoms with Crippen molar-refractivity contribution >= 4 is 5.97 Å². The van der Waals surface area contributed by atoms with E-state index in [1.807, 2.05) is 18.2 Å². The molecule has 0 aliphatic rings. The summed E-state index contributed by atoms with van der Waals surface area (Å²) in [5.41, 5.74) is 0. The van der Waals surface area contributed by atoms with Gasteiger partial charge >= 0.3 is 0 Å². The zero-order chi connectivity index (χ0) is 9.40. The molecule has 0 saturated carbocycles. The molecule has 0 spiro atoms. The SMILES string of the molecule is CC(=O)[O-].CC[n+]1ccccc1. The van der Waals surface area contributed by atoms with Crippen LogP contribution in [-0.2, 0) is 11.3 Å². The fraction of sp³-hybridized carbons (Fsp3) is 0.333. The van der Waals surface area contributed by atoms with Crippen LogP contribution in [0.15, 0.2) is 30.6 Å². The first-order valence-corrected chi connectivity index (χ1v) is 3.78. The molecular weight excluding hydrogens is 154 g/mol.